The normalized spacial score (nSPS) is 26.5. The monoisotopic (exact) mass is 336 g/mol. The molecule has 0 saturated carbocycles. The second kappa shape index (κ2) is 5.72. The molecule has 1 aliphatic carbocycles. The highest BCUT2D eigenvalue weighted by Gasteiger charge is 2.50. The highest BCUT2D eigenvalue weighted by Crippen LogP contribution is 2.44. The highest BCUT2D eigenvalue weighted by atomic mass is 19.3. The van der Waals surface area contributed by atoms with E-state index in [1.165, 1.54) is 10.5 Å². The lowest BCUT2D eigenvalue weighted by Gasteiger charge is -2.37. The number of likely N-dealkylation sites (tertiary alicyclic amines) is 1. The minimum absolute atomic E-state index is 0.0830. The van der Waals surface area contributed by atoms with Crippen LogP contribution < -0.4 is 0 Å². The lowest BCUT2D eigenvalue weighted by atomic mass is 9.99. The van der Waals surface area contributed by atoms with Gasteiger partial charge in [-0.05, 0) is 24.0 Å². The molecule has 1 aromatic carbocycles. The second-order valence-corrected chi connectivity index (χ2v) is 6.53. The zero-order valence-electron chi connectivity index (χ0n) is 13.0. The number of hydrogen-bond donors (Lipinski definition) is 0. The Hall–Kier alpha value is -2.18. The van der Waals surface area contributed by atoms with E-state index in [-0.39, 0.29) is 37.4 Å². The number of hydrogen-bond acceptors (Lipinski definition) is 3. The van der Waals surface area contributed by atoms with Crippen LogP contribution in [0.3, 0.4) is 0 Å². The summed E-state index contributed by atoms with van der Waals surface area (Å²) >= 11 is 0. The summed E-state index contributed by atoms with van der Waals surface area (Å²) in [6.45, 7) is 0.493. The molecule has 0 spiro atoms. The molecule has 2 saturated heterocycles. The minimum Gasteiger partial charge on any atom is -0.443 e. The Morgan fingerprint density at radius 3 is 2.62 bits per heavy atom. The van der Waals surface area contributed by atoms with Gasteiger partial charge in [0, 0.05) is 25.6 Å². The van der Waals surface area contributed by atoms with E-state index in [9.17, 15) is 18.4 Å². The van der Waals surface area contributed by atoms with Gasteiger partial charge in [0.2, 0.25) is 0 Å². The van der Waals surface area contributed by atoms with Crippen molar-refractivity contribution in [1.82, 2.24) is 9.80 Å². The Morgan fingerprint density at radius 2 is 1.92 bits per heavy atom. The van der Waals surface area contributed by atoms with Crippen molar-refractivity contribution < 1.29 is 23.1 Å². The van der Waals surface area contributed by atoms with Crippen LogP contribution in [-0.2, 0) is 16.0 Å². The van der Waals surface area contributed by atoms with Crippen LogP contribution in [0, 0.1) is 0 Å². The number of halogens is 2. The van der Waals surface area contributed by atoms with Crippen LogP contribution in [0.15, 0.2) is 24.3 Å². The summed E-state index contributed by atoms with van der Waals surface area (Å²) in [6, 6.07) is 7.80. The molecule has 2 fully saturated rings. The number of ether oxygens (including phenoxy) is 1. The van der Waals surface area contributed by atoms with E-state index in [2.05, 4.69) is 0 Å². The molecule has 24 heavy (non-hydrogen) atoms. The van der Waals surface area contributed by atoms with E-state index in [1.54, 1.807) is 4.90 Å². The van der Waals surface area contributed by atoms with Gasteiger partial charge in [-0.3, -0.25) is 9.69 Å². The summed E-state index contributed by atoms with van der Waals surface area (Å²) in [5, 5.41) is 0. The summed E-state index contributed by atoms with van der Waals surface area (Å²) < 4.78 is 30.6. The third-order valence-electron chi connectivity index (χ3n) is 5.27. The number of fused-ring (bicyclic) bond motifs is 3. The van der Waals surface area contributed by atoms with Gasteiger partial charge in [-0.2, -0.15) is 8.78 Å². The number of amides is 2. The molecule has 2 unspecified atom stereocenters. The molecule has 7 heteroatoms. The molecule has 2 aliphatic heterocycles. The Bertz CT molecular complexity index is 674. The van der Waals surface area contributed by atoms with Crippen LogP contribution in [0.2, 0.25) is 0 Å². The van der Waals surface area contributed by atoms with E-state index >= 15 is 0 Å². The van der Waals surface area contributed by atoms with Gasteiger partial charge in [-0.1, -0.05) is 24.3 Å². The standard InChI is InChI=1S/C17H18F2N2O3/c18-15(19)16(22)20-7-5-11(6-8-20)21-14-12-4-2-1-3-10(12)9-13(14)24-17(21)23/h1-4,11,13-15H,5-9H2. The highest BCUT2D eigenvalue weighted by molar-refractivity contribution is 5.79. The van der Waals surface area contributed by atoms with Crippen LogP contribution in [0.1, 0.15) is 30.0 Å². The van der Waals surface area contributed by atoms with Gasteiger partial charge >= 0.3 is 12.5 Å². The van der Waals surface area contributed by atoms with E-state index < -0.39 is 12.3 Å². The molecule has 128 valence electrons. The maximum atomic E-state index is 12.5. The second-order valence-electron chi connectivity index (χ2n) is 6.53. The first-order chi connectivity index (χ1) is 11.6. The summed E-state index contributed by atoms with van der Waals surface area (Å²) in [5.74, 6) is -1.12. The average Bonchev–Trinajstić information content (AvgIpc) is 3.08. The van der Waals surface area contributed by atoms with Gasteiger partial charge in [0.15, 0.2) is 0 Å². The van der Waals surface area contributed by atoms with Crippen molar-refractivity contribution >= 4 is 12.0 Å². The Morgan fingerprint density at radius 1 is 1.21 bits per heavy atom. The number of rotatable bonds is 2. The SMILES string of the molecule is O=C(C(F)F)N1CCC(N2C(=O)OC3Cc4ccccc4C32)CC1. The molecule has 2 heterocycles. The maximum absolute atomic E-state index is 12.5. The maximum Gasteiger partial charge on any atom is 0.411 e. The Balaban J connectivity index is 1.51. The van der Waals surface area contributed by atoms with Crippen molar-refractivity contribution in [3.05, 3.63) is 35.4 Å². The predicted molar refractivity (Wildman–Crippen MR) is 80.6 cm³/mol. The third-order valence-corrected chi connectivity index (χ3v) is 5.27. The number of nitrogens with zero attached hydrogens (tertiary/aromatic N) is 2. The zero-order valence-corrected chi connectivity index (χ0v) is 13.0. The molecule has 0 aromatic heterocycles. The fourth-order valence-electron chi connectivity index (χ4n) is 4.15. The molecule has 4 rings (SSSR count). The van der Waals surface area contributed by atoms with E-state index in [0.29, 0.717) is 19.3 Å². The van der Waals surface area contributed by atoms with Crippen molar-refractivity contribution in [2.45, 2.75) is 43.9 Å². The number of alkyl halides is 2. The Kier molecular flexibility index (Phi) is 3.66. The molecule has 0 N–H and O–H groups in total. The van der Waals surface area contributed by atoms with Crippen molar-refractivity contribution in [2.75, 3.05) is 13.1 Å². The lowest BCUT2D eigenvalue weighted by Crippen LogP contribution is -2.49. The molecule has 2 amide bonds. The molecule has 0 bridgehead atoms. The van der Waals surface area contributed by atoms with Gasteiger partial charge in [-0.25, -0.2) is 4.79 Å². The molecule has 5 nitrogen and oxygen atoms in total. The number of piperidine rings is 1. The van der Waals surface area contributed by atoms with Gasteiger partial charge in [-0.15, -0.1) is 0 Å². The van der Waals surface area contributed by atoms with Gasteiger partial charge < -0.3 is 9.64 Å². The molecule has 1 aromatic rings. The molecular formula is C17H18F2N2O3. The molecule has 2 atom stereocenters. The van der Waals surface area contributed by atoms with Crippen molar-refractivity contribution in [1.29, 1.82) is 0 Å². The predicted octanol–water partition coefficient (Wildman–Crippen LogP) is 2.36. The average molecular weight is 336 g/mol. The lowest BCUT2D eigenvalue weighted by molar-refractivity contribution is -0.144. The third kappa shape index (κ3) is 2.34. The van der Waals surface area contributed by atoms with E-state index in [1.807, 2.05) is 24.3 Å². The minimum atomic E-state index is -2.97. The fourth-order valence-corrected chi connectivity index (χ4v) is 4.15. The molecule has 0 radical (unpaired) electrons. The zero-order chi connectivity index (χ0) is 16.8. The van der Waals surface area contributed by atoms with Gasteiger partial charge in [0.25, 0.3) is 5.91 Å². The quantitative estimate of drug-likeness (QED) is 0.833. The van der Waals surface area contributed by atoms with Crippen LogP contribution in [0.25, 0.3) is 0 Å². The molecular weight excluding hydrogens is 318 g/mol. The van der Waals surface area contributed by atoms with Crippen LogP contribution >= 0.6 is 0 Å². The van der Waals surface area contributed by atoms with Crippen molar-refractivity contribution in [3.8, 4) is 0 Å². The smallest absolute Gasteiger partial charge is 0.411 e. The van der Waals surface area contributed by atoms with Gasteiger partial charge in [0.05, 0.1) is 6.04 Å². The number of benzene rings is 1. The first kappa shape index (κ1) is 15.4. The van der Waals surface area contributed by atoms with Crippen LogP contribution in [-0.4, -0.2) is 53.5 Å². The number of carbonyl (C=O) groups excluding carboxylic acids is 2. The van der Waals surface area contributed by atoms with Gasteiger partial charge in [0.1, 0.15) is 6.10 Å². The van der Waals surface area contributed by atoms with Crippen molar-refractivity contribution in [2.24, 2.45) is 0 Å². The largest absolute Gasteiger partial charge is 0.443 e. The van der Waals surface area contributed by atoms with E-state index in [0.717, 1.165) is 5.56 Å². The topological polar surface area (TPSA) is 49.9 Å². The number of carbonyl (C=O) groups is 2. The molecule has 3 aliphatic rings. The summed E-state index contributed by atoms with van der Waals surface area (Å²) in [6.07, 6.45) is -1.76. The summed E-state index contributed by atoms with van der Waals surface area (Å²) in [4.78, 5) is 26.7. The first-order valence-corrected chi connectivity index (χ1v) is 8.20. The van der Waals surface area contributed by atoms with Crippen LogP contribution in [0.4, 0.5) is 13.6 Å². The summed E-state index contributed by atoms with van der Waals surface area (Å²) in [5.41, 5.74) is 2.30. The van der Waals surface area contributed by atoms with E-state index in [4.69, 9.17) is 4.74 Å². The summed E-state index contributed by atoms with van der Waals surface area (Å²) in [7, 11) is 0. The first-order valence-electron chi connectivity index (χ1n) is 8.20. The van der Waals surface area contributed by atoms with Crippen LogP contribution in [0.5, 0.6) is 0 Å². The van der Waals surface area contributed by atoms with Crippen molar-refractivity contribution in [3.63, 3.8) is 0 Å². The Labute approximate surface area is 138 Å². The fraction of sp³-hybridized carbons (Fsp3) is 0.529.